The topological polar surface area (TPSA) is 33.2 Å². The number of hydrogen-bond acceptors (Lipinski definition) is 3. The highest BCUT2D eigenvalue weighted by molar-refractivity contribution is 5.87. The number of anilines is 1. The Morgan fingerprint density at radius 2 is 2.31 bits per heavy atom. The zero-order valence-electron chi connectivity index (χ0n) is 7.03. The highest BCUT2D eigenvalue weighted by atomic mass is 19.1. The zero-order chi connectivity index (χ0) is 9.26. The molecule has 0 radical (unpaired) electrons. The molecule has 0 aliphatic carbocycles. The van der Waals surface area contributed by atoms with E-state index in [2.05, 4.69) is 4.98 Å². The second-order valence-electron chi connectivity index (χ2n) is 3.07. The maximum Gasteiger partial charge on any atom is 0.153 e. The van der Waals surface area contributed by atoms with Gasteiger partial charge in [0.1, 0.15) is 5.82 Å². The fraction of sp³-hybridized carbons (Fsp3) is 0.333. The fourth-order valence-electron chi connectivity index (χ4n) is 1.42. The summed E-state index contributed by atoms with van der Waals surface area (Å²) in [6, 6.07) is 1.39. The van der Waals surface area contributed by atoms with E-state index in [9.17, 15) is 9.18 Å². The molecule has 0 unspecified atom stereocenters. The van der Waals surface area contributed by atoms with Crippen LogP contribution in [0.5, 0.6) is 0 Å². The van der Waals surface area contributed by atoms with Crippen LogP contribution in [-0.4, -0.2) is 23.9 Å². The van der Waals surface area contributed by atoms with E-state index in [4.69, 9.17) is 0 Å². The van der Waals surface area contributed by atoms with Crippen molar-refractivity contribution in [3.8, 4) is 0 Å². The number of pyridine rings is 1. The first-order chi connectivity index (χ1) is 6.25. The number of rotatable bonds is 1. The Kier molecular flexibility index (Phi) is 1.96. The third kappa shape index (κ3) is 1.66. The summed E-state index contributed by atoms with van der Waals surface area (Å²) < 4.78 is 12.7. The van der Waals surface area contributed by atoms with Gasteiger partial charge in [-0.2, -0.15) is 0 Å². The summed E-state index contributed by atoms with van der Waals surface area (Å²) >= 11 is 0. The zero-order valence-corrected chi connectivity index (χ0v) is 7.03. The van der Waals surface area contributed by atoms with E-state index < -0.39 is 0 Å². The molecule has 0 aromatic carbocycles. The molecule has 0 saturated carbocycles. The molecular formula is C9H9FN2O. The molecule has 2 heterocycles. The van der Waals surface area contributed by atoms with Crippen molar-refractivity contribution >= 4 is 11.5 Å². The lowest BCUT2D eigenvalue weighted by molar-refractivity contribution is -0.116. The summed E-state index contributed by atoms with van der Waals surface area (Å²) in [6.45, 7) is 1.05. The van der Waals surface area contributed by atoms with Gasteiger partial charge in [-0.15, -0.1) is 0 Å². The Hall–Kier alpha value is -1.45. The van der Waals surface area contributed by atoms with Gasteiger partial charge in [-0.25, -0.2) is 4.39 Å². The third-order valence-electron chi connectivity index (χ3n) is 2.08. The maximum atomic E-state index is 12.7. The van der Waals surface area contributed by atoms with Crippen molar-refractivity contribution < 1.29 is 9.18 Å². The van der Waals surface area contributed by atoms with Gasteiger partial charge in [-0.1, -0.05) is 0 Å². The van der Waals surface area contributed by atoms with Gasteiger partial charge in [0, 0.05) is 19.0 Å². The molecule has 1 aromatic rings. The molecule has 3 nitrogen and oxygen atoms in total. The lowest BCUT2D eigenvalue weighted by atomic mass is 10.4. The van der Waals surface area contributed by atoms with E-state index in [0.717, 1.165) is 6.20 Å². The summed E-state index contributed by atoms with van der Waals surface area (Å²) in [5, 5.41) is 0. The minimum Gasteiger partial charge on any atom is -0.362 e. The lowest BCUT2D eigenvalue weighted by Crippen LogP contribution is -2.19. The highest BCUT2D eigenvalue weighted by Gasteiger charge is 2.19. The van der Waals surface area contributed by atoms with E-state index in [1.54, 1.807) is 6.20 Å². The molecule has 0 spiro atoms. The summed E-state index contributed by atoms with van der Waals surface area (Å²) in [5.74, 6) is -0.166. The van der Waals surface area contributed by atoms with E-state index in [1.165, 1.54) is 6.07 Å². The predicted octanol–water partition coefficient (Wildman–Crippen LogP) is 1.000. The maximum absolute atomic E-state index is 12.7. The van der Waals surface area contributed by atoms with Gasteiger partial charge in [0.2, 0.25) is 0 Å². The van der Waals surface area contributed by atoms with Crippen molar-refractivity contribution in [2.24, 2.45) is 0 Å². The van der Waals surface area contributed by atoms with Crippen LogP contribution in [0.25, 0.3) is 0 Å². The molecule has 0 N–H and O–H groups in total. The van der Waals surface area contributed by atoms with Crippen molar-refractivity contribution in [1.82, 2.24) is 4.98 Å². The van der Waals surface area contributed by atoms with Gasteiger partial charge < -0.3 is 4.90 Å². The van der Waals surface area contributed by atoms with Gasteiger partial charge in [0.15, 0.2) is 5.78 Å². The first-order valence-corrected chi connectivity index (χ1v) is 4.13. The summed E-state index contributed by atoms with van der Waals surface area (Å²) in [7, 11) is 0. The lowest BCUT2D eigenvalue weighted by Gasteiger charge is -2.15. The van der Waals surface area contributed by atoms with Crippen LogP contribution in [0.2, 0.25) is 0 Å². The molecule has 4 heteroatoms. The number of carbonyl (C=O) groups is 1. The van der Waals surface area contributed by atoms with E-state index in [0.29, 0.717) is 25.2 Å². The Bertz CT molecular complexity index is 340. The summed E-state index contributed by atoms with van der Waals surface area (Å²) in [4.78, 5) is 16.5. The normalized spacial score (nSPS) is 16.7. The largest absolute Gasteiger partial charge is 0.362 e. The Morgan fingerprint density at radius 3 is 2.92 bits per heavy atom. The van der Waals surface area contributed by atoms with Crippen molar-refractivity contribution in [3.63, 3.8) is 0 Å². The molecule has 1 aliphatic rings. The quantitative estimate of drug-likeness (QED) is 0.646. The van der Waals surface area contributed by atoms with Crippen LogP contribution in [0.15, 0.2) is 18.5 Å². The van der Waals surface area contributed by atoms with Gasteiger partial charge in [0.05, 0.1) is 24.6 Å². The Morgan fingerprint density at radius 1 is 1.46 bits per heavy atom. The minimum absolute atomic E-state index is 0.198. The number of aromatic nitrogens is 1. The average molecular weight is 180 g/mol. The Labute approximate surface area is 75.2 Å². The number of nitrogens with zero attached hydrogens (tertiary/aromatic N) is 2. The SMILES string of the molecule is O=C1CCN(c2cncc(F)c2)C1. The van der Waals surface area contributed by atoms with Crippen molar-refractivity contribution in [3.05, 3.63) is 24.3 Å². The number of hydrogen-bond donors (Lipinski definition) is 0. The molecule has 1 aromatic heterocycles. The highest BCUT2D eigenvalue weighted by Crippen LogP contribution is 2.17. The van der Waals surface area contributed by atoms with Crippen LogP contribution in [-0.2, 0) is 4.79 Å². The molecule has 1 saturated heterocycles. The van der Waals surface area contributed by atoms with Crippen molar-refractivity contribution in [2.75, 3.05) is 18.0 Å². The molecule has 1 fully saturated rings. The van der Waals surface area contributed by atoms with E-state index in [-0.39, 0.29) is 11.6 Å². The van der Waals surface area contributed by atoms with Gasteiger partial charge >= 0.3 is 0 Å². The fourth-order valence-corrected chi connectivity index (χ4v) is 1.42. The molecule has 13 heavy (non-hydrogen) atoms. The first-order valence-electron chi connectivity index (χ1n) is 4.13. The van der Waals surface area contributed by atoms with Crippen LogP contribution in [0.4, 0.5) is 10.1 Å². The number of Topliss-reactive ketones (excluding diaryl/α,β-unsaturated/α-hetero) is 1. The van der Waals surface area contributed by atoms with Crippen molar-refractivity contribution in [1.29, 1.82) is 0 Å². The minimum atomic E-state index is -0.364. The predicted molar refractivity (Wildman–Crippen MR) is 46.0 cm³/mol. The van der Waals surface area contributed by atoms with Gasteiger partial charge in [0.25, 0.3) is 0 Å². The second kappa shape index (κ2) is 3.12. The molecular weight excluding hydrogens is 171 g/mol. The van der Waals surface area contributed by atoms with E-state index >= 15 is 0 Å². The second-order valence-corrected chi connectivity index (χ2v) is 3.07. The first kappa shape index (κ1) is 8.16. The van der Waals surface area contributed by atoms with Crippen LogP contribution in [0.3, 0.4) is 0 Å². The standard InChI is InChI=1S/C9H9FN2O/c10-7-3-8(5-11-4-7)12-2-1-9(13)6-12/h3-5H,1-2,6H2. The monoisotopic (exact) mass is 180 g/mol. The van der Waals surface area contributed by atoms with Gasteiger partial charge in [-0.05, 0) is 0 Å². The molecule has 0 atom stereocenters. The molecule has 0 amide bonds. The molecule has 0 bridgehead atoms. The molecule has 2 rings (SSSR count). The van der Waals surface area contributed by atoms with E-state index in [1.807, 2.05) is 4.90 Å². The van der Waals surface area contributed by atoms with Crippen LogP contribution < -0.4 is 4.90 Å². The molecule has 68 valence electrons. The van der Waals surface area contributed by atoms with Crippen LogP contribution in [0, 0.1) is 5.82 Å². The molecule has 1 aliphatic heterocycles. The van der Waals surface area contributed by atoms with Crippen LogP contribution >= 0.6 is 0 Å². The smallest absolute Gasteiger partial charge is 0.153 e. The number of halogens is 1. The number of ketones is 1. The van der Waals surface area contributed by atoms with Crippen molar-refractivity contribution in [2.45, 2.75) is 6.42 Å². The summed E-state index contributed by atoms with van der Waals surface area (Å²) in [6.07, 6.45) is 3.28. The summed E-state index contributed by atoms with van der Waals surface area (Å²) in [5.41, 5.74) is 0.686. The third-order valence-corrected chi connectivity index (χ3v) is 2.08. The van der Waals surface area contributed by atoms with Gasteiger partial charge in [-0.3, -0.25) is 9.78 Å². The van der Waals surface area contributed by atoms with Crippen LogP contribution in [0.1, 0.15) is 6.42 Å². The average Bonchev–Trinajstić information content (AvgIpc) is 2.52. The Balaban J connectivity index is 2.21. The number of carbonyl (C=O) groups excluding carboxylic acids is 1.